The SMILES string of the molecule is C[S+]([O-])NCCNCc1cc(Cl)c(OCc2cccc(-c3ccccc3)c2Br)cc1OCc1cccnc1. The molecule has 1 atom stereocenters. The Morgan fingerprint density at radius 3 is 2.50 bits per heavy atom. The van der Waals surface area contributed by atoms with Crippen molar-refractivity contribution in [3.63, 3.8) is 0 Å². The van der Waals surface area contributed by atoms with Crippen LogP contribution in [0.5, 0.6) is 11.5 Å². The number of hydrogen-bond donors (Lipinski definition) is 2. The van der Waals surface area contributed by atoms with Crippen molar-refractivity contribution in [1.82, 2.24) is 15.0 Å². The second-order valence-electron chi connectivity index (χ2n) is 8.50. The fourth-order valence-electron chi connectivity index (χ4n) is 3.80. The van der Waals surface area contributed by atoms with Crippen LogP contribution in [-0.2, 0) is 31.1 Å². The molecule has 2 N–H and O–H groups in total. The number of hydrogen-bond acceptors (Lipinski definition) is 6. The van der Waals surface area contributed by atoms with E-state index in [2.05, 4.69) is 49.2 Å². The lowest BCUT2D eigenvalue weighted by Gasteiger charge is -2.17. The van der Waals surface area contributed by atoms with E-state index in [4.69, 9.17) is 21.1 Å². The van der Waals surface area contributed by atoms with Gasteiger partial charge >= 0.3 is 0 Å². The van der Waals surface area contributed by atoms with Crippen molar-refractivity contribution in [1.29, 1.82) is 0 Å². The zero-order valence-corrected chi connectivity index (χ0v) is 24.1. The van der Waals surface area contributed by atoms with E-state index < -0.39 is 11.4 Å². The molecule has 4 aromatic rings. The van der Waals surface area contributed by atoms with Gasteiger partial charge in [-0.2, -0.15) is 0 Å². The first kappa shape index (κ1) is 28.4. The van der Waals surface area contributed by atoms with Crippen molar-refractivity contribution in [2.45, 2.75) is 19.8 Å². The first-order chi connectivity index (χ1) is 18.5. The zero-order valence-electron chi connectivity index (χ0n) is 21.0. The van der Waals surface area contributed by atoms with Gasteiger partial charge in [-0.3, -0.25) is 4.98 Å². The van der Waals surface area contributed by atoms with Crippen molar-refractivity contribution >= 4 is 38.9 Å². The molecular weight excluding hydrogens is 586 g/mol. The summed E-state index contributed by atoms with van der Waals surface area (Å²) < 4.78 is 27.5. The van der Waals surface area contributed by atoms with E-state index in [1.807, 2.05) is 54.6 Å². The highest BCUT2D eigenvalue weighted by atomic mass is 79.9. The lowest BCUT2D eigenvalue weighted by molar-refractivity contribution is 0.287. The molecule has 1 aromatic heterocycles. The number of halogens is 2. The minimum Gasteiger partial charge on any atom is -0.598 e. The van der Waals surface area contributed by atoms with Crippen LogP contribution in [0.4, 0.5) is 0 Å². The van der Waals surface area contributed by atoms with Crippen LogP contribution in [0.1, 0.15) is 16.7 Å². The Kier molecular flexibility index (Phi) is 10.9. The van der Waals surface area contributed by atoms with Crippen LogP contribution in [0.15, 0.2) is 89.7 Å². The van der Waals surface area contributed by atoms with Gasteiger partial charge in [0.1, 0.15) is 31.0 Å². The van der Waals surface area contributed by atoms with Gasteiger partial charge in [0.2, 0.25) is 0 Å². The normalized spacial score (nSPS) is 11.8. The molecule has 0 spiro atoms. The van der Waals surface area contributed by atoms with E-state index in [1.165, 1.54) is 0 Å². The highest BCUT2D eigenvalue weighted by molar-refractivity contribution is 9.10. The van der Waals surface area contributed by atoms with E-state index in [1.54, 1.807) is 18.6 Å². The van der Waals surface area contributed by atoms with E-state index in [-0.39, 0.29) is 0 Å². The second-order valence-corrected chi connectivity index (χ2v) is 10.9. The summed E-state index contributed by atoms with van der Waals surface area (Å²) in [4.78, 5) is 4.16. The monoisotopic (exact) mass is 613 g/mol. The molecular formula is C29H29BrClN3O3S. The first-order valence-electron chi connectivity index (χ1n) is 12.1. The Balaban J connectivity index is 1.50. The maximum Gasteiger partial charge on any atom is 0.142 e. The second kappa shape index (κ2) is 14.5. The quantitative estimate of drug-likeness (QED) is 0.136. The lowest BCUT2D eigenvalue weighted by Crippen LogP contribution is -2.30. The molecule has 0 aliphatic heterocycles. The summed E-state index contributed by atoms with van der Waals surface area (Å²) in [6.07, 6.45) is 5.12. The van der Waals surface area contributed by atoms with Crippen LogP contribution in [0.3, 0.4) is 0 Å². The summed E-state index contributed by atoms with van der Waals surface area (Å²) in [7, 11) is 0. The Bertz CT molecular complexity index is 1310. The molecule has 0 fully saturated rings. The van der Waals surface area contributed by atoms with Crippen LogP contribution < -0.4 is 19.5 Å². The standard InChI is InChI=1S/C29H29BrClN3O3S/c1-38(35)34-14-13-33-18-24-15-26(31)28(16-27(24)36-19-21-7-6-12-32-17-21)37-20-23-10-5-11-25(29(23)30)22-8-3-2-4-9-22/h2-12,15-17,33-34H,13-14,18-20H2,1H3. The molecule has 1 heterocycles. The van der Waals surface area contributed by atoms with E-state index in [0.29, 0.717) is 49.4 Å². The van der Waals surface area contributed by atoms with E-state index in [0.717, 1.165) is 32.3 Å². The number of benzene rings is 3. The molecule has 38 heavy (non-hydrogen) atoms. The van der Waals surface area contributed by atoms with Gasteiger partial charge in [-0.25, -0.2) is 0 Å². The van der Waals surface area contributed by atoms with Gasteiger partial charge in [-0.05, 0) is 39.2 Å². The highest BCUT2D eigenvalue weighted by Gasteiger charge is 2.14. The first-order valence-corrected chi connectivity index (χ1v) is 14.8. The van der Waals surface area contributed by atoms with Crippen LogP contribution in [0.2, 0.25) is 5.02 Å². The molecule has 0 bridgehead atoms. The lowest BCUT2D eigenvalue weighted by atomic mass is 10.0. The highest BCUT2D eigenvalue weighted by Crippen LogP contribution is 2.36. The molecule has 0 amide bonds. The topological polar surface area (TPSA) is 78.5 Å². The van der Waals surface area contributed by atoms with Crippen molar-refractivity contribution in [3.05, 3.63) is 111 Å². The van der Waals surface area contributed by atoms with Crippen molar-refractivity contribution in [2.24, 2.45) is 0 Å². The Morgan fingerprint density at radius 1 is 0.921 bits per heavy atom. The maximum atomic E-state index is 11.2. The molecule has 3 aromatic carbocycles. The van der Waals surface area contributed by atoms with Crippen molar-refractivity contribution < 1.29 is 14.0 Å². The largest absolute Gasteiger partial charge is 0.598 e. The molecule has 198 valence electrons. The smallest absolute Gasteiger partial charge is 0.142 e. The van der Waals surface area contributed by atoms with Crippen LogP contribution >= 0.6 is 27.5 Å². The number of rotatable bonds is 13. The minimum atomic E-state index is -1.04. The Labute approximate surface area is 240 Å². The summed E-state index contributed by atoms with van der Waals surface area (Å²) >= 11 is 9.37. The number of pyridine rings is 1. The van der Waals surface area contributed by atoms with Crippen LogP contribution in [-0.4, -0.2) is 28.9 Å². The van der Waals surface area contributed by atoms with Crippen LogP contribution in [0.25, 0.3) is 11.1 Å². The molecule has 0 saturated carbocycles. The maximum absolute atomic E-state index is 11.2. The minimum absolute atomic E-state index is 0.334. The van der Waals surface area contributed by atoms with Gasteiger partial charge in [0.25, 0.3) is 0 Å². The molecule has 0 aliphatic carbocycles. The molecule has 4 rings (SSSR count). The third-order valence-corrected chi connectivity index (χ3v) is 7.54. The van der Waals surface area contributed by atoms with Crippen molar-refractivity contribution in [3.8, 4) is 22.6 Å². The van der Waals surface area contributed by atoms with E-state index in [9.17, 15) is 4.55 Å². The van der Waals surface area contributed by atoms with Gasteiger partial charge in [0.05, 0.1) is 11.6 Å². The van der Waals surface area contributed by atoms with Gasteiger partial charge in [0, 0.05) is 64.1 Å². The zero-order chi connectivity index (χ0) is 26.7. The van der Waals surface area contributed by atoms with Gasteiger partial charge in [0.15, 0.2) is 0 Å². The van der Waals surface area contributed by atoms with Gasteiger partial charge < -0.3 is 19.3 Å². The molecule has 0 saturated heterocycles. The Hall–Kier alpha value is -2.59. The summed E-state index contributed by atoms with van der Waals surface area (Å²) in [6, 6.07) is 23.9. The number of ether oxygens (including phenoxy) is 2. The fraction of sp³-hybridized carbons (Fsp3) is 0.207. The summed E-state index contributed by atoms with van der Waals surface area (Å²) in [5.74, 6) is 1.21. The van der Waals surface area contributed by atoms with Gasteiger partial charge in [-0.15, -0.1) is 4.72 Å². The summed E-state index contributed by atoms with van der Waals surface area (Å²) in [6.45, 7) is 2.46. The van der Waals surface area contributed by atoms with Gasteiger partial charge in [-0.1, -0.05) is 66.2 Å². The van der Waals surface area contributed by atoms with Crippen LogP contribution in [0, 0.1) is 0 Å². The molecule has 9 heteroatoms. The average Bonchev–Trinajstić information content (AvgIpc) is 2.93. The predicted octanol–water partition coefficient (Wildman–Crippen LogP) is 6.30. The Morgan fingerprint density at radius 2 is 1.74 bits per heavy atom. The summed E-state index contributed by atoms with van der Waals surface area (Å²) in [5.41, 5.74) is 5.09. The molecule has 6 nitrogen and oxygen atoms in total. The summed E-state index contributed by atoms with van der Waals surface area (Å²) in [5, 5.41) is 3.83. The third-order valence-electron chi connectivity index (χ3n) is 5.70. The van der Waals surface area contributed by atoms with Crippen molar-refractivity contribution in [2.75, 3.05) is 19.3 Å². The third kappa shape index (κ3) is 8.20. The average molecular weight is 615 g/mol. The molecule has 0 radical (unpaired) electrons. The number of nitrogens with zero attached hydrogens (tertiary/aromatic N) is 1. The van der Waals surface area contributed by atoms with E-state index >= 15 is 0 Å². The number of aromatic nitrogens is 1. The fourth-order valence-corrected chi connectivity index (χ4v) is 5.04. The molecule has 0 aliphatic rings. The molecule has 1 unspecified atom stereocenters. The predicted molar refractivity (Wildman–Crippen MR) is 158 cm³/mol. The number of nitrogens with one attached hydrogen (secondary N) is 2.